The summed E-state index contributed by atoms with van der Waals surface area (Å²) in [5.41, 5.74) is 2.15. The number of hydrogen-bond donors (Lipinski definition) is 1. The fourth-order valence-electron chi connectivity index (χ4n) is 1.82. The monoisotopic (exact) mass is 275 g/mol. The van der Waals surface area contributed by atoms with E-state index in [0.29, 0.717) is 0 Å². The summed E-state index contributed by atoms with van der Waals surface area (Å²) in [4.78, 5) is 10.9. The van der Waals surface area contributed by atoms with Gasteiger partial charge in [0, 0.05) is 0 Å². The maximum Gasteiger partial charge on any atom is 0.322 e. The van der Waals surface area contributed by atoms with Crippen molar-refractivity contribution in [2.24, 2.45) is 0 Å². The van der Waals surface area contributed by atoms with Crippen molar-refractivity contribution >= 4 is 17.0 Å². The maximum absolute atomic E-state index is 10.9. The van der Waals surface area contributed by atoms with Crippen LogP contribution in [-0.2, 0) is 15.9 Å². The van der Waals surface area contributed by atoms with E-state index in [4.69, 9.17) is 5.11 Å². The van der Waals surface area contributed by atoms with Gasteiger partial charge in [0.15, 0.2) is 0 Å². The summed E-state index contributed by atoms with van der Waals surface area (Å²) in [7, 11) is 0. The first-order valence-electron chi connectivity index (χ1n) is 5.56. The summed E-state index contributed by atoms with van der Waals surface area (Å²) >= 11 is -2.69. The van der Waals surface area contributed by atoms with Gasteiger partial charge in [0.2, 0.25) is 0 Å². The van der Waals surface area contributed by atoms with Gasteiger partial charge >= 0.3 is 5.97 Å². The van der Waals surface area contributed by atoms with Crippen molar-refractivity contribution in [1.82, 2.24) is 0 Å². The molecule has 0 saturated heterocycles. The van der Waals surface area contributed by atoms with Crippen molar-refractivity contribution < 1.29 is 18.7 Å². The van der Waals surface area contributed by atoms with Gasteiger partial charge in [-0.3, -0.25) is 9.00 Å². The molecule has 0 aliphatic rings. The van der Waals surface area contributed by atoms with Crippen LogP contribution in [0.15, 0.2) is 54.6 Å². The van der Waals surface area contributed by atoms with Gasteiger partial charge in [-0.05, 0) is 27.8 Å². The predicted molar refractivity (Wildman–Crippen MR) is 71.2 cm³/mol. The molecular formula is C14H11O4S-. The average molecular weight is 275 g/mol. The molecule has 0 heterocycles. The molecule has 0 amide bonds. The molecule has 2 atom stereocenters. The molecule has 0 saturated carbocycles. The number of hydrogen-bond acceptors (Lipinski definition) is 3. The molecular weight excluding hydrogens is 264 g/mol. The zero-order valence-electron chi connectivity index (χ0n) is 9.85. The van der Waals surface area contributed by atoms with E-state index in [1.54, 1.807) is 12.1 Å². The normalized spacial score (nSPS) is 13.7. The highest BCUT2D eigenvalue weighted by atomic mass is 32.2. The van der Waals surface area contributed by atoms with Gasteiger partial charge in [-0.25, -0.2) is 0 Å². The van der Waals surface area contributed by atoms with Crippen LogP contribution in [0.5, 0.6) is 0 Å². The van der Waals surface area contributed by atoms with Gasteiger partial charge in [-0.1, -0.05) is 54.6 Å². The molecule has 19 heavy (non-hydrogen) atoms. The van der Waals surface area contributed by atoms with Gasteiger partial charge in [0.05, 0.1) is 0 Å². The Balaban J connectivity index is 2.33. The van der Waals surface area contributed by atoms with Crippen LogP contribution in [0.1, 0.15) is 10.8 Å². The highest BCUT2D eigenvalue weighted by molar-refractivity contribution is 7.80. The van der Waals surface area contributed by atoms with Crippen LogP contribution in [0.25, 0.3) is 11.1 Å². The summed E-state index contributed by atoms with van der Waals surface area (Å²) in [5.74, 6) is -1.37. The van der Waals surface area contributed by atoms with Crippen LogP contribution < -0.4 is 0 Å². The predicted octanol–water partition coefficient (Wildman–Crippen LogP) is 2.36. The second kappa shape index (κ2) is 5.77. The van der Waals surface area contributed by atoms with E-state index in [1.165, 1.54) is 12.1 Å². The number of carbonyl (C=O) groups is 1. The quantitative estimate of drug-likeness (QED) is 0.869. The second-order valence-electron chi connectivity index (χ2n) is 3.97. The lowest BCUT2D eigenvalue weighted by Gasteiger charge is -2.15. The van der Waals surface area contributed by atoms with E-state index in [2.05, 4.69) is 0 Å². The molecule has 0 bridgehead atoms. The molecule has 0 aliphatic carbocycles. The van der Waals surface area contributed by atoms with Crippen molar-refractivity contribution in [3.05, 3.63) is 60.2 Å². The summed E-state index contributed by atoms with van der Waals surface area (Å²) in [6, 6.07) is 16.0. The smallest absolute Gasteiger partial charge is 0.322 e. The molecule has 0 fully saturated rings. The minimum absolute atomic E-state index is 0.250. The minimum Gasteiger partial charge on any atom is -0.771 e. The fourth-order valence-corrected chi connectivity index (χ4v) is 2.36. The van der Waals surface area contributed by atoms with Crippen molar-refractivity contribution in [3.63, 3.8) is 0 Å². The molecule has 0 aromatic heterocycles. The topological polar surface area (TPSA) is 77.4 Å². The zero-order chi connectivity index (χ0) is 13.8. The molecule has 2 aromatic rings. The standard InChI is InChI=1S/C14H12O4S/c15-14(16)13(19(17)18)12-8-6-11(7-9-12)10-4-2-1-3-5-10/h1-9,13H,(H,15,16)(H,17,18)/p-1. The molecule has 4 nitrogen and oxygen atoms in total. The Morgan fingerprint density at radius 2 is 1.53 bits per heavy atom. The highest BCUT2D eigenvalue weighted by Crippen LogP contribution is 2.24. The molecule has 0 spiro atoms. The van der Waals surface area contributed by atoms with E-state index in [1.807, 2.05) is 30.3 Å². The lowest BCUT2D eigenvalue weighted by Crippen LogP contribution is -2.16. The third kappa shape index (κ3) is 3.07. The number of aliphatic carboxylic acids is 1. The van der Waals surface area contributed by atoms with Crippen LogP contribution in [-0.4, -0.2) is 19.8 Å². The minimum atomic E-state index is -2.69. The van der Waals surface area contributed by atoms with Crippen molar-refractivity contribution in [3.8, 4) is 11.1 Å². The molecule has 2 rings (SSSR count). The maximum atomic E-state index is 10.9. The zero-order valence-corrected chi connectivity index (χ0v) is 10.7. The molecule has 1 N–H and O–H groups in total. The Bertz CT molecular complexity index is 579. The number of carboxylic acids is 1. The SMILES string of the molecule is O=C(O)C(c1ccc(-c2ccccc2)cc1)S(=O)[O-]. The molecule has 5 heteroatoms. The third-order valence-electron chi connectivity index (χ3n) is 2.74. The van der Waals surface area contributed by atoms with Gasteiger partial charge in [0.25, 0.3) is 0 Å². The summed E-state index contributed by atoms with van der Waals surface area (Å²) in [6.07, 6.45) is 0. The number of rotatable bonds is 4. The molecule has 2 unspecified atom stereocenters. The van der Waals surface area contributed by atoms with Crippen LogP contribution in [0.3, 0.4) is 0 Å². The Labute approximate surface area is 113 Å². The fraction of sp³-hybridized carbons (Fsp3) is 0.0714. The van der Waals surface area contributed by atoms with Crippen LogP contribution in [0.4, 0.5) is 0 Å². The largest absolute Gasteiger partial charge is 0.771 e. The Morgan fingerprint density at radius 1 is 1.00 bits per heavy atom. The number of benzene rings is 2. The van der Waals surface area contributed by atoms with Gasteiger partial charge in [-0.15, -0.1) is 0 Å². The van der Waals surface area contributed by atoms with Crippen molar-refractivity contribution in [1.29, 1.82) is 0 Å². The van der Waals surface area contributed by atoms with E-state index in [0.717, 1.165) is 11.1 Å². The van der Waals surface area contributed by atoms with Crippen LogP contribution in [0.2, 0.25) is 0 Å². The lowest BCUT2D eigenvalue weighted by atomic mass is 10.0. The Morgan fingerprint density at radius 3 is 2.00 bits per heavy atom. The average Bonchev–Trinajstić information content (AvgIpc) is 2.40. The molecule has 98 valence electrons. The van der Waals surface area contributed by atoms with Crippen molar-refractivity contribution in [2.45, 2.75) is 5.25 Å². The lowest BCUT2D eigenvalue weighted by molar-refractivity contribution is -0.136. The Kier molecular flexibility index (Phi) is 4.09. The first kappa shape index (κ1) is 13.5. The summed E-state index contributed by atoms with van der Waals surface area (Å²) in [5, 5.41) is 7.37. The summed E-state index contributed by atoms with van der Waals surface area (Å²) in [6.45, 7) is 0. The molecule has 0 aliphatic heterocycles. The van der Waals surface area contributed by atoms with Crippen LogP contribution >= 0.6 is 0 Å². The first-order valence-corrected chi connectivity index (χ1v) is 6.69. The first-order chi connectivity index (χ1) is 9.09. The van der Waals surface area contributed by atoms with Gasteiger partial charge in [-0.2, -0.15) is 0 Å². The number of carboxylic acid groups (broad SMARTS) is 1. The molecule has 2 aromatic carbocycles. The van der Waals surface area contributed by atoms with E-state index >= 15 is 0 Å². The van der Waals surface area contributed by atoms with E-state index in [9.17, 15) is 13.6 Å². The highest BCUT2D eigenvalue weighted by Gasteiger charge is 2.20. The third-order valence-corrected chi connectivity index (χ3v) is 3.60. The van der Waals surface area contributed by atoms with E-state index < -0.39 is 22.3 Å². The van der Waals surface area contributed by atoms with Gasteiger partial charge in [0.1, 0.15) is 5.25 Å². The second-order valence-corrected chi connectivity index (χ2v) is 4.96. The van der Waals surface area contributed by atoms with Gasteiger partial charge < -0.3 is 9.66 Å². The van der Waals surface area contributed by atoms with Crippen LogP contribution in [0, 0.1) is 0 Å². The Hall–Kier alpha value is -1.98. The van der Waals surface area contributed by atoms with Crippen molar-refractivity contribution in [2.75, 3.05) is 0 Å². The molecule has 0 radical (unpaired) electrons. The van der Waals surface area contributed by atoms with E-state index in [-0.39, 0.29) is 5.56 Å². The summed E-state index contributed by atoms with van der Waals surface area (Å²) < 4.78 is 21.8.